The van der Waals surface area contributed by atoms with Gasteiger partial charge in [0, 0.05) is 26.0 Å². The lowest BCUT2D eigenvalue weighted by atomic mass is 9.88. The molecule has 1 unspecified atom stereocenters. The minimum absolute atomic E-state index is 0.00958. The lowest BCUT2D eigenvalue weighted by Crippen LogP contribution is -2.57. The average Bonchev–Trinajstić information content (AvgIpc) is 3.19. The zero-order chi connectivity index (χ0) is 14.7. The molecule has 0 aromatic carbocycles. The maximum atomic E-state index is 12.5. The van der Waals surface area contributed by atoms with Gasteiger partial charge in [0.2, 0.25) is 5.91 Å². The van der Waals surface area contributed by atoms with E-state index in [1.54, 1.807) is 24.2 Å². The first-order valence-corrected chi connectivity index (χ1v) is 7.22. The number of amides is 1. The highest BCUT2D eigenvalue weighted by Gasteiger charge is 2.44. The van der Waals surface area contributed by atoms with Crippen LogP contribution < -0.4 is 5.32 Å². The molecule has 0 radical (unpaired) electrons. The zero-order valence-electron chi connectivity index (χ0n) is 12.2. The largest absolute Gasteiger partial charge is 0.468 e. The van der Waals surface area contributed by atoms with Gasteiger partial charge in [-0.2, -0.15) is 5.10 Å². The molecule has 21 heavy (non-hydrogen) atoms. The van der Waals surface area contributed by atoms with Crippen molar-refractivity contribution in [2.75, 3.05) is 20.1 Å². The number of furan rings is 1. The van der Waals surface area contributed by atoms with Gasteiger partial charge in [-0.15, -0.1) is 0 Å². The van der Waals surface area contributed by atoms with Crippen LogP contribution in [0.25, 0.3) is 0 Å². The molecule has 1 atom stereocenters. The fourth-order valence-corrected chi connectivity index (χ4v) is 3.11. The van der Waals surface area contributed by atoms with E-state index in [1.165, 1.54) is 0 Å². The van der Waals surface area contributed by atoms with E-state index in [2.05, 4.69) is 15.3 Å². The van der Waals surface area contributed by atoms with Crippen molar-refractivity contribution < 1.29 is 9.21 Å². The van der Waals surface area contributed by atoms with Crippen molar-refractivity contribution >= 4 is 5.91 Å². The third-order valence-corrected chi connectivity index (χ3v) is 4.10. The summed E-state index contributed by atoms with van der Waals surface area (Å²) in [7, 11) is 1.68. The normalized spacial score (nSPS) is 23.1. The van der Waals surface area contributed by atoms with E-state index in [4.69, 9.17) is 4.42 Å². The quantitative estimate of drug-likeness (QED) is 0.918. The highest BCUT2D eigenvalue weighted by atomic mass is 16.3. The fourth-order valence-electron chi connectivity index (χ4n) is 3.11. The average molecular weight is 288 g/mol. The van der Waals surface area contributed by atoms with E-state index in [0.717, 1.165) is 25.1 Å². The second-order valence-electron chi connectivity index (χ2n) is 5.45. The van der Waals surface area contributed by atoms with Crippen LogP contribution in [0.2, 0.25) is 0 Å². The van der Waals surface area contributed by atoms with Crippen molar-refractivity contribution in [3.05, 3.63) is 42.6 Å². The molecule has 1 aliphatic rings. The number of hydrogen-bond donors (Lipinski definition) is 1. The number of likely N-dealkylation sites (N-methyl/N-ethyl adjacent to an activating group) is 1. The van der Waals surface area contributed by atoms with Crippen LogP contribution in [0.4, 0.5) is 0 Å². The number of nitrogens with one attached hydrogen (secondary N) is 1. The number of nitrogens with zero attached hydrogens (tertiary/aromatic N) is 3. The van der Waals surface area contributed by atoms with Crippen LogP contribution in [0.15, 0.2) is 41.3 Å². The van der Waals surface area contributed by atoms with Gasteiger partial charge in [-0.1, -0.05) is 0 Å². The molecule has 6 nitrogen and oxygen atoms in total. The summed E-state index contributed by atoms with van der Waals surface area (Å²) in [5.41, 5.74) is -0.636. The molecule has 6 heteroatoms. The Labute approximate surface area is 123 Å². The summed E-state index contributed by atoms with van der Waals surface area (Å²) in [6.07, 6.45) is 7.01. The van der Waals surface area contributed by atoms with E-state index in [9.17, 15) is 4.79 Å². The van der Waals surface area contributed by atoms with Crippen molar-refractivity contribution in [2.24, 2.45) is 0 Å². The summed E-state index contributed by atoms with van der Waals surface area (Å²) in [4.78, 5) is 14.8. The first-order chi connectivity index (χ1) is 10.2. The first-order valence-electron chi connectivity index (χ1n) is 7.22. The van der Waals surface area contributed by atoms with Crippen molar-refractivity contribution in [1.82, 2.24) is 20.0 Å². The Balaban J connectivity index is 1.84. The van der Waals surface area contributed by atoms with Crippen LogP contribution >= 0.6 is 0 Å². The summed E-state index contributed by atoms with van der Waals surface area (Å²) in [5, 5.41) is 7.11. The van der Waals surface area contributed by atoms with Crippen LogP contribution in [0.1, 0.15) is 18.6 Å². The number of aromatic nitrogens is 2. The predicted octanol–water partition coefficient (Wildman–Crippen LogP) is 1.21. The maximum absolute atomic E-state index is 12.5. The van der Waals surface area contributed by atoms with E-state index in [1.807, 2.05) is 24.4 Å². The smallest absolute Gasteiger partial charge is 0.249 e. The molecule has 2 aromatic rings. The van der Waals surface area contributed by atoms with Crippen LogP contribution in [0, 0.1) is 0 Å². The number of carbonyl (C=O) groups is 1. The van der Waals surface area contributed by atoms with E-state index in [-0.39, 0.29) is 5.91 Å². The van der Waals surface area contributed by atoms with E-state index < -0.39 is 5.54 Å². The van der Waals surface area contributed by atoms with Crippen LogP contribution in [0.3, 0.4) is 0 Å². The number of rotatable bonds is 4. The molecule has 0 bridgehead atoms. The highest BCUT2D eigenvalue weighted by Crippen LogP contribution is 2.29. The van der Waals surface area contributed by atoms with Crippen molar-refractivity contribution in [2.45, 2.75) is 24.9 Å². The molecule has 1 amide bonds. The Hall–Kier alpha value is -2.08. The fraction of sp³-hybridized carbons (Fsp3) is 0.467. The molecule has 112 valence electrons. The minimum Gasteiger partial charge on any atom is -0.468 e. The predicted molar refractivity (Wildman–Crippen MR) is 77.5 cm³/mol. The second-order valence-corrected chi connectivity index (χ2v) is 5.45. The summed E-state index contributed by atoms with van der Waals surface area (Å²) >= 11 is 0. The van der Waals surface area contributed by atoms with E-state index >= 15 is 0 Å². The summed E-state index contributed by atoms with van der Waals surface area (Å²) in [6, 6.07) is 5.71. The van der Waals surface area contributed by atoms with Gasteiger partial charge < -0.3 is 9.73 Å². The van der Waals surface area contributed by atoms with Crippen LogP contribution in [0.5, 0.6) is 0 Å². The lowest BCUT2D eigenvalue weighted by molar-refractivity contribution is -0.133. The topological polar surface area (TPSA) is 63.3 Å². The molecule has 2 aromatic heterocycles. The number of likely N-dealkylation sites (tertiary alicyclic amines) is 1. The minimum atomic E-state index is -0.636. The number of carbonyl (C=O) groups excluding carboxylic acids is 1. The summed E-state index contributed by atoms with van der Waals surface area (Å²) in [6.45, 7) is 2.31. The van der Waals surface area contributed by atoms with Gasteiger partial charge in [-0.05, 0) is 37.6 Å². The van der Waals surface area contributed by atoms with E-state index in [0.29, 0.717) is 13.1 Å². The Morgan fingerprint density at radius 3 is 3.10 bits per heavy atom. The molecule has 3 rings (SSSR count). The molecule has 1 aliphatic heterocycles. The van der Waals surface area contributed by atoms with Gasteiger partial charge >= 0.3 is 0 Å². The maximum Gasteiger partial charge on any atom is 0.249 e. The highest BCUT2D eigenvalue weighted by molar-refractivity contribution is 5.84. The lowest BCUT2D eigenvalue weighted by Gasteiger charge is -2.41. The third kappa shape index (κ3) is 2.58. The molecular weight excluding hydrogens is 268 g/mol. The zero-order valence-corrected chi connectivity index (χ0v) is 12.2. The van der Waals surface area contributed by atoms with Gasteiger partial charge in [0.05, 0.1) is 12.8 Å². The van der Waals surface area contributed by atoms with Crippen molar-refractivity contribution in [3.63, 3.8) is 0 Å². The SMILES string of the molecule is CNC(=O)C1(n2cccn2)CCCN(Cc2ccco2)C1. The molecule has 0 aliphatic carbocycles. The van der Waals surface area contributed by atoms with Crippen molar-refractivity contribution in [1.29, 1.82) is 0 Å². The Morgan fingerprint density at radius 2 is 2.43 bits per heavy atom. The van der Waals surface area contributed by atoms with Crippen molar-refractivity contribution in [3.8, 4) is 0 Å². The second kappa shape index (κ2) is 5.73. The third-order valence-electron chi connectivity index (χ3n) is 4.10. The Bertz CT molecular complexity index is 579. The molecule has 1 saturated heterocycles. The van der Waals surface area contributed by atoms with Gasteiger partial charge in [-0.3, -0.25) is 14.4 Å². The van der Waals surface area contributed by atoms with Crippen LogP contribution in [-0.2, 0) is 16.9 Å². The monoisotopic (exact) mass is 288 g/mol. The van der Waals surface area contributed by atoms with Crippen LogP contribution in [-0.4, -0.2) is 40.7 Å². The summed E-state index contributed by atoms with van der Waals surface area (Å²) in [5.74, 6) is 0.929. The molecule has 0 spiro atoms. The molecule has 0 saturated carbocycles. The molecule has 1 N–H and O–H groups in total. The molecule has 3 heterocycles. The molecular formula is C15H20N4O2. The number of hydrogen-bond acceptors (Lipinski definition) is 4. The van der Waals surface area contributed by atoms with Gasteiger partial charge in [0.15, 0.2) is 5.54 Å². The van der Waals surface area contributed by atoms with Gasteiger partial charge in [-0.25, -0.2) is 0 Å². The Kier molecular flexibility index (Phi) is 3.79. The summed E-state index contributed by atoms with van der Waals surface area (Å²) < 4.78 is 7.21. The molecule has 1 fully saturated rings. The standard InChI is InChI=1S/C15H20N4O2/c1-16-14(20)15(19-9-4-7-17-19)6-3-8-18(12-15)11-13-5-2-10-21-13/h2,4-5,7,9-10H,3,6,8,11-12H2,1H3,(H,16,20). The first kappa shape index (κ1) is 13.9. The Morgan fingerprint density at radius 1 is 1.52 bits per heavy atom. The van der Waals surface area contributed by atoms with Gasteiger partial charge in [0.25, 0.3) is 0 Å². The van der Waals surface area contributed by atoms with Gasteiger partial charge in [0.1, 0.15) is 5.76 Å². The number of piperidine rings is 1.